The van der Waals surface area contributed by atoms with Gasteiger partial charge in [-0.15, -0.1) is 0 Å². The van der Waals surface area contributed by atoms with E-state index in [-0.39, 0.29) is 10.3 Å². The summed E-state index contributed by atoms with van der Waals surface area (Å²) in [5.41, 5.74) is 3.66. The number of aryl methyl sites for hydroxylation is 1. The van der Waals surface area contributed by atoms with Crippen LogP contribution in [0, 0.1) is 6.92 Å². The van der Waals surface area contributed by atoms with Gasteiger partial charge >= 0.3 is 0 Å². The Bertz CT molecular complexity index is 907. The minimum atomic E-state index is -4.27. The molecule has 140 valence electrons. The van der Waals surface area contributed by atoms with Gasteiger partial charge in [0.15, 0.2) is 0 Å². The number of fused-ring (bicyclic) bond motifs is 1. The van der Waals surface area contributed by atoms with Gasteiger partial charge in [0.2, 0.25) is 0 Å². The lowest BCUT2D eigenvalue weighted by Crippen LogP contribution is -2.22. The Kier molecular flexibility index (Phi) is 5.23. The number of anilines is 2. The first-order valence-electron chi connectivity index (χ1n) is 8.63. The second-order valence-electron chi connectivity index (χ2n) is 6.38. The van der Waals surface area contributed by atoms with Gasteiger partial charge in [0.25, 0.3) is 10.1 Å². The zero-order chi connectivity index (χ0) is 19.1. The summed E-state index contributed by atoms with van der Waals surface area (Å²) in [5, 5.41) is -0.0296. The molecule has 1 unspecified atom stereocenters. The summed E-state index contributed by atoms with van der Waals surface area (Å²) in [6.45, 7) is 7.88. The van der Waals surface area contributed by atoms with Crippen molar-refractivity contribution in [2.75, 3.05) is 29.9 Å². The number of nitrogens with zero attached hydrogens (tertiary/aromatic N) is 2. The lowest BCUT2D eigenvalue weighted by atomic mass is 10.1. The molecule has 2 aromatic rings. The summed E-state index contributed by atoms with van der Waals surface area (Å²) >= 11 is 1.46. The molecule has 7 heteroatoms. The van der Waals surface area contributed by atoms with Crippen molar-refractivity contribution >= 4 is 33.3 Å². The van der Waals surface area contributed by atoms with E-state index < -0.39 is 10.1 Å². The molecule has 1 aliphatic heterocycles. The standard InChI is InChI=1S/C19H24N2O3S2/c1-5-21(6-2)15-10-8-14(9-11-15)19-20(4)16-12-7-13(3)18(17(16)25-19)26(22,23)24/h7-12,19H,5-6H2,1-4H3,(H,22,23,24). The van der Waals surface area contributed by atoms with E-state index in [1.807, 2.05) is 13.1 Å². The van der Waals surface area contributed by atoms with Gasteiger partial charge in [0.05, 0.1) is 10.6 Å². The van der Waals surface area contributed by atoms with Crippen LogP contribution in [0.1, 0.15) is 30.3 Å². The fourth-order valence-corrected chi connectivity index (χ4v) is 6.07. The van der Waals surface area contributed by atoms with E-state index in [0.29, 0.717) is 10.5 Å². The SMILES string of the molecule is CCN(CC)c1ccc(C2Sc3c(ccc(C)c3S(=O)(=O)O)N2C)cc1. The second kappa shape index (κ2) is 7.13. The molecule has 0 amide bonds. The van der Waals surface area contributed by atoms with Crippen LogP contribution in [0.5, 0.6) is 0 Å². The molecule has 0 radical (unpaired) electrons. The van der Waals surface area contributed by atoms with E-state index in [4.69, 9.17) is 0 Å². The molecule has 1 aliphatic rings. The molecular formula is C19H24N2O3S2. The minimum Gasteiger partial charge on any atom is -0.372 e. The highest BCUT2D eigenvalue weighted by molar-refractivity contribution is 8.00. The maximum absolute atomic E-state index is 11.9. The van der Waals surface area contributed by atoms with Crippen LogP contribution in [0.4, 0.5) is 11.4 Å². The van der Waals surface area contributed by atoms with E-state index in [1.165, 1.54) is 17.4 Å². The van der Waals surface area contributed by atoms with Crippen LogP contribution in [0.3, 0.4) is 0 Å². The van der Waals surface area contributed by atoms with E-state index in [0.717, 1.165) is 24.3 Å². The Morgan fingerprint density at radius 2 is 1.73 bits per heavy atom. The van der Waals surface area contributed by atoms with Gasteiger partial charge in [-0.1, -0.05) is 30.0 Å². The van der Waals surface area contributed by atoms with E-state index in [9.17, 15) is 13.0 Å². The first-order valence-corrected chi connectivity index (χ1v) is 10.9. The van der Waals surface area contributed by atoms with Crippen molar-refractivity contribution in [3.8, 4) is 0 Å². The van der Waals surface area contributed by atoms with Crippen LogP contribution in [0.2, 0.25) is 0 Å². The molecular weight excluding hydrogens is 368 g/mol. The first-order chi connectivity index (χ1) is 12.3. The average molecular weight is 393 g/mol. The molecule has 1 atom stereocenters. The molecule has 0 aliphatic carbocycles. The molecule has 0 aromatic heterocycles. The third-order valence-corrected chi connectivity index (χ3v) is 7.45. The van der Waals surface area contributed by atoms with Crippen LogP contribution >= 0.6 is 11.8 Å². The Morgan fingerprint density at radius 1 is 1.12 bits per heavy atom. The van der Waals surface area contributed by atoms with Crippen LogP contribution in [0.15, 0.2) is 46.2 Å². The van der Waals surface area contributed by atoms with E-state index >= 15 is 0 Å². The average Bonchev–Trinajstić information content (AvgIpc) is 2.92. The molecule has 26 heavy (non-hydrogen) atoms. The van der Waals surface area contributed by atoms with Gasteiger partial charge in [-0.05, 0) is 50.1 Å². The third kappa shape index (κ3) is 3.31. The van der Waals surface area contributed by atoms with Gasteiger partial charge < -0.3 is 9.80 Å². The van der Waals surface area contributed by atoms with Gasteiger partial charge in [-0.3, -0.25) is 4.55 Å². The van der Waals surface area contributed by atoms with Crippen molar-refractivity contribution in [1.29, 1.82) is 0 Å². The summed E-state index contributed by atoms with van der Waals surface area (Å²) in [7, 11) is -2.32. The van der Waals surface area contributed by atoms with Gasteiger partial charge in [0, 0.05) is 25.8 Å². The lowest BCUT2D eigenvalue weighted by Gasteiger charge is -2.24. The van der Waals surface area contributed by atoms with Crippen LogP contribution in [-0.2, 0) is 10.1 Å². The maximum Gasteiger partial charge on any atom is 0.295 e. The highest BCUT2D eigenvalue weighted by Crippen LogP contribution is 2.53. The summed E-state index contributed by atoms with van der Waals surface area (Å²) in [5.74, 6) is 0. The fraction of sp³-hybridized carbons (Fsp3) is 0.368. The summed E-state index contributed by atoms with van der Waals surface area (Å²) in [6.07, 6.45) is 0. The zero-order valence-corrected chi connectivity index (χ0v) is 17.1. The Hall–Kier alpha value is -1.70. The maximum atomic E-state index is 11.9. The lowest BCUT2D eigenvalue weighted by molar-refractivity contribution is 0.480. The topological polar surface area (TPSA) is 60.9 Å². The predicted molar refractivity (Wildman–Crippen MR) is 108 cm³/mol. The largest absolute Gasteiger partial charge is 0.372 e. The highest BCUT2D eigenvalue weighted by Gasteiger charge is 2.34. The van der Waals surface area contributed by atoms with Gasteiger partial charge in [-0.2, -0.15) is 8.42 Å². The molecule has 0 bridgehead atoms. The highest BCUT2D eigenvalue weighted by atomic mass is 32.2. The fourth-order valence-electron chi connectivity index (χ4n) is 3.41. The minimum absolute atomic E-state index is 0.0223. The second-order valence-corrected chi connectivity index (χ2v) is 8.83. The van der Waals surface area contributed by atoms with E-state index in [2.05, 4.69) is 47.9 Å². The van der Waals surface area contributed by atoms with Crippen molar-refractivity contribution in [1.82, 2.24) is 0 Å². The van der Waals surface area contributed by atoms with Crippen molar-refractivity contribution in [3.05, 3.63) is 47.5 Å². The molecule has 5 nitrogen and oxygen atoms in total. The molecule has 2 aromatic carbocycles. The number of benzene rings is 2. The molecule has 0 spiro atoms. The quantitative estimate of drug-likeness (QED) is 0.764. The molecule has 0 saturated carbocycles. The Morgan fingerprint density at radius 3 is 2.27 bits per heavy atom. The van der Waals surface area contributed by atoms with Gasteiger partial charge in [-0.25, -0.2) is 0 Å². The Balaban J connectivity index is 1.97. The monoisotopic (exact) mass is 392 g/mol. The normalized spacial score (nSPS) is 16.7. The number of hydrogen-bond donors (Lipinski definition) is 1. The number of rotatable bonds is 5. The zero-order valence-electron chi connectivity index (χ0n) is 15.4. The summed E-state index contributed by atoms with van der Waals surface area (Å²) < 4.78 is 33.4. The van der Waals surface area contributed by atoms with Gasteiger partial charge in [0.1, 0.15) is 10.3 Å². The number of hydrogen-bond acceptors (Lipinski definition) is 5. The van der Waals surface area contributed by atoms with Crippen molar-refractivity contribution in [2.45, 2.75) is 35.9 Å². The van der Waals surface area contributed by atoms with Crippen LogP contribution < -0.4 is 9.80 Å². The van der Waals surface area contributed by atoms with Crippen LogP contribution in [0.25, 0.3) is 0 Å². The summed E-state index contributed by atoms with van der Waals surface area (Å²) in [6, 6.07) is 12.0. The third-order valence-electron chi connectivity index (χ3n) is 4.81. The number of thioether (sulfide) groups is 1. The first kappa shape index (κ1) is 19.1. The summed E-state index contributed by atoms with van der Waals surface area (Å²) in [4.78, 5) is 4.98. The Labute approximate surface area is 159 Å². The smallest absolute Gasteiger partial charge is 0.295 e. The van der Waals surface area contributed by atoms with Crippen molar-refractivity contribution < 1.29 is 13.0 Å². The molecule has 3 rings (SSSR count). The van der Waals surface area contributed by atoms with E-state index in [1.54, 1.807) is 13.0 Å². The molecule has 0 saturated heterocycles. The molecule has 1 heterocycles. The van der Waals surface area contributed by atoms with Crippen molar-refractivity contribution in [2.24, 2.45) is 0 Å². The molecule has 0 fully saturated rings. The molecule has 1 N–H and O–H groups in total. The van der Waals surface area contributed by atoms with Crippen LogP contribution in [-0.4, -0.2) is 33.1 Å². The predicted octanol–water partition coefficient (Wildman–Crippen LogP) is 4.33. The van der Waals surface area contributed by atoms with Crippen molar-refractivity contribution in [3.63, 3.8) is 0 Å².